The molecule has 0 radical (unpaired) electrons. The van der Waals surface area contributed by atoms with Crippen LogP contribution in [0.25, 0.3) is 4.85 Å². The standard InChI is InChI=1S/C34H45N3O4/c1-29(2)12-14-34(28-37-36-25(41-28)19-40-9)15-13-33(7)26(20(34)17-29)22(38)16-24-31(5)18-21(35-8)27(39)30(3,4)23(31)10-11-32(24,33)6/h16,18,20,23,26H,10-15,17,19H2,1-7,9H3/t20?,23-,26?,31-,32+,33+,34-/m0/s1. The number of carbonyl (C=O) groups excluding carboxylic acids is 2. The normalized spacial score (nSPS) is 42.6. The third kappa shape index (κ3) is 3.58. The van der Waals surface area contributed by atoms with Gasteiger partial charge in [0, 0.05) is 23.9 Å². The molecule has 0 aliphatic heterocycles. The molecule has 1 aromatic rings. The molecule has 0 N–H and O–H groups in total. The van der Waals surface area contributed by atoms with E-state index < -0.39 is 10.8 Å². The summed E-state index contributed by atoms with van der Waals surface area (Å²) in [7, 11) is 1.63. The Balaban J connectivity index is 1.51. The molecular formula is C34H45N3O4. The molecule has 5 aliphatic carbocycles. The molecule has 1 heterocycles. The molecule has 2 unspecified atom stereocenters. The van der Waals surface area contributed by atoms with Crippen molar-refractivity contribution in [1.82, 2.24) is 10.2 Å². The first-order chi connectivity index (χ1) is 19.1. The maximum absolute atomic E-state index is 14.7. The number of ether oxygens (including phenoxy) is 1. The quantitative estimate of drug-likeness (QED) is 0.369. The number of allylic oxidation sites excluding steroid dienone is 4. The van der Waals surface area contributed by atoms with E-state index in [1.165, 1.54) is 0 Å². The summed E-state index contributed by atoms with van der Waals surface area (Å²) in [6.45, 7) is 23.6. The summed E-state index contributed by atoms with van der Waals surface area (Å²) in [6.07, 6.45) is 10.4. The van der Waals surface area contributed by atoms with Gasteiger partial charge in [-0.15, -0.1) is 10.2 Å². The fraction of sp³-hybridized carbons (Fsp3) is 0.735. The highest BCUT2D eigenvalue weighted by Gasteiger charge is 2.70. The minimum absolute atomic E-state index is 0.0502. The number of ketones is 2. The molecule has 3 saturated carbocycles. The van der Waals surface area contributed by atoms with Crippen molar-refractivity contribution in [3.05, 3.63) is 46.6 Å². The number of carbonyl (C=O) groups is 2. The number of fused-ring (bicyclic) bond motifs is 7. The van der Waals surface area contributed by atoms with E-state index in [1.54, 1.807) is 7.11 Å². The Morgan fingerprint density at radius 2 is 1.73 bits per heavy atom. The summed E-state index contributed by atoms with van der Waals surface area (Å²) in [6, 6.07) is 0. The van der Waals surface area contributed by atoms with Gasteiger partial charge in [0.2, 0.25) is 17.5 Å². The number of nitrogens with zero attached hydrogens (tertiary/aromatic N) is 3. The summed E-state index contributed by atoms with van der Waals surface area (Å²) in [5.41, 5.74) is -0.536. The zero-order chi connectivity index (χ0) is 29.8. The topological polar surface area (TPSA) is 86.7 Å². The van der Waals surface area contributed by atoms with Crippen molar-refractivity contribution in [1.29, 1.82) is 0 Å². The van der Waals surface area contributed by atoms with Crippen molar-refractivity contribution in [2.45, 2.75) is 105 Å². The van der Waals surface area contributed by atoms with Gasteiger partial charge in [-0.25, -0.2) is 4.85 Å². The molecule has 0 bridgehead atoms. The monoisotopic (exact) mass is 559 g/mol. The second-order valence-corrected chi connectivity index (χ2v) is 15.8. The molecule has 3 fully saturated rings. The number of rotatable bonds is 3. The molecule has 5 aliphatic rings. The van der Waals surface area contributed by atoms with Gasteiger partial charge in [-0.1, -0.05) is 60.1 Å². The van der Waals surface area contributed by atoms with E-state index in [-0.39, 0.29) is 63.3 Å². The molecule has 1 aromatic heterocycles. The van der Waals surface area contributed by atoms with E-state index in [2.05, 4.69) is 49.7 Å². The average Bonchev–Trinajstić information content (AvgIpc) is 3.37. The maximum Gasteiger partial charge on any atom is 0.242 e. The van der Waals surface area contributed by atoms with Crippen molar-refractivity contribution in [2.75, 3.05) is 7.11 Å². The van der Waals surface area contributed by atoms with Crippen molar-refractivity contribution >= 4 is 11.6 Å². The first kappa shape index (κ1) is 28.5. The second kappa shape index (κ2) is 8.72. The van der Waals surface area contributed by atoms with Gasteiger partial charge in [0.25, 0.3) is 0 Å². The third-order valence-corrected chi connectivity index (χ3v) is 13.0. The Labute approximate surface area is 244 Å². The molecule has 7 atom stereocenters. The van der Waals surface area contributed by atoms with Crippen LogP contribution in [-0.4, -0.2) is 28.9 Å². The Bertz CT molecular complexity index is 1430. The van der Waals surface area contributed by atoms with Crippen LogP contribution in [0.5, 0.6) is 0 Å². The van der Waals surface area contributed by atoms with Crippen LogP contribution < -0.4 is 0 Å². The Kier molecular flexibility index (Phi) is 6.07. The van der Waals surface area contributed by atoms with Gasteiger partial charge >= 0.3 is 0 Å². The number of Topliss-reactive ketones (excluding diaryl/α,β-unsaturated/α-hetero) is 1. The molecule has 0 saturated heterocycles. The Morgan fingerprint density at radius 1 is 1.02 bits per heavy atom. The van der Waals surface area contributed by atoms with Gasteiger partial charge in [-0.2, -0.15) is 0 Å². The van der Waals surface area contributed by atoms with Gasteiger partial charge < -0.3 is 13.9 Å². The predicted molar refractivity (Wildman–Crippen MR) is 154 cm³/mol. The van der Waals surface area contributed by atoms with Crippen molar-refractivity contribution in [3.63, 3.8) is 0 Å². The van der Waals surface area contributed by atoms with Gasteiger partial charge in [-0.05, 0) is 79.1 Å². The first-order valence-electron chi connectivity index (χ1n) is 15.3. The molecule has 41 heavy (non-hydrogen) atoms. The second-order valence-electron chi connectivity index (χ2n) is 15.8. The van der Waals surface area contributed by atoms with Crippen LogP contribution >= 0.6 is 0 Å². The van der Waals surface area contributed by atoms with E-state index in [4.69, 9.17) is 15.7 Å². The smallest absolute Gasteiger partial charge is 0.242 e. The summed E-state index contributed by atoms with van der Waals surface area (Å²) in [5.74, 6) is 1.27. The minimum Gasteiger partial charge on any atom is -0.422 e. The fourth-order valence-corrected chi connectivity index (χ4v) is 10.6. The number of hydrogen-bond acceptors (Lipinski definition) is 6. The molecule has 7 nitrogen and oxygen atoms in total. The molecular weight excluding hydrogens is 514 g/mol. The summed E-state index contributed by atoms with van der Waals surface area (Å²) >= 11 is 0. The lowest BCUT2D eigenvalue weighted by Gasteiger charge is -2.69. The lowest BCUT2D eigenvalue weighted by atomic mass is 9.34. The van der Waals surface area contributed by atoms with Crippen molar-refractivity contribution in [2.24, 2.45) is 44.8 Å². The number of hydrogen-bond donors (Lipinski definition) is 0. The highest BCUT2D eigenvalue weighted by Crippen LogP contribution is 2.74. The minimum atomic E-state index is -0.653. The van der Waals surface area contributed by atoms with Crippen LogP contribution in [0.1, 0.15) is 105 Å². The lowest BCUT2D eigenvalue weighted by molar-refractivity contribution is -0.161. The van der Waals surface area contributed by atoms with Crippen molar-refractivity contribution in [3.8, 4) is 0 Å². The Hall–Kier alpha value is -2.59. The zero-order valence-electron chi connectivity index (χ0n) is 26.0. The molecule has 0 spiro atoms. The number of methoxy groups -OCH3 is 1. The van der Waals surface area contributed by atoms with Gasteiger partial charge in [0.1, 0.15) is 6.61 Å². The summed E-state index contributed by atoms with van der Waals surface area (Å²) < 4.78 is 11.5. The van der Waals surface area contributed by atoms with E-state index in [0.29, 0.717) is 11.8 Å². The van der Waals surface area contributed by atoms with Crippen LogP contribution in [0.3, 0.4) is 0 Å². The van der Waals surface area contributed by atoms with Crippen LogP contribution in [-0.2, 0) is 26.3 Å². The molecule has 0 aromatic carbocycles. The molecule has 6 rings (SSSR count). The molecule has 220 valence electrons. The summed E-state index contributed by atoms with van der Waals surface area (Å²) in [4.78, 5) is 31.6. The Morgan fingerprint density at radius 3 is 2.41 bits per heavy atom. The fourth-order valence-electron chi connectivity index (χ4n) is 10.6. The number of aromatic nitrogens is 2. The van der Waals surface area contributed by atoms with E-state index in [1.807, 2.05) is 26.0 Å². The average molecular weight is 560 g/mol. The predicted octanol–water partition coefficient (Wildman–Crippen LogP) is 7.04. The zero-order valence-corrected chi connectivity index (χ0v) is 26.0. The van der Waals surface area contributed by atoms with Gasteiger partial charge in [0.05, 0.1) is 12.0 Å². The third-order valence-electron chi connectivity index (χ3n) is 13.0. The van der Waals surface area contributed by atoms with Crippen LogP contribution in [0.15, 0.2) is 27.8 Å². The van der Waals surface area contributed by atoms with Crippen molar-refractivity contribution < 1.29 is 18.7 Å². The van der Waals surface area contributed by atoms with E-state index in [0.717, 1.165) is 50.5 Å². The van der Waals surface area contributed by atoms with E-state index in [9.17, 15) is 9.59 Å². The summed E-state index contributed by atoms with van der Waals surface area (Å²) in [5, 5.41) is 8.90. The van der Waals surface area contributed by atoms with Crippen LogP contribution in [0.2, 0.25) is 0 Å². The molecule has 0 amide bonds. The van der Waals surface area contributed by atoms with Crippen LogP contribution in [0, 0.1) is 51.4 Å². The van der Waals surface area contributed by atoms with Crippen LogP contribution in [0.4, 0.5) is 0 Å². The highest BCUT2D eigenvalue weighted by atomic mass is 16.5. The maximum atomic E-state index is 14.7. The highest BCUT2D eigenvalue weighted by molar-refractivity contribution is 6.03. The lowest BCUT2D eigenvalue weighted by Crippen LogP contribution is -2.65. The largest absolute Gasteiger partial charge is 0.422 e. The van der Waals surface area contributed by atoms with E-state index >= 15 is 0 Å². The van der Waals surface area contributed by atoms with Gasteiger partial charge in [0.15, 0.2) is 11.6 Å². The first-order valence-corrected chi connectivity index (χ1v) is 15.3. The SMILES string of the molecule is [C-]#[N+]C1=C[C@]2(C)C3=CC(=O)C4C5CC(C)(C)CC[C@]5(c5nnc(COC)o5)CC[C@@]4(C)[C@]3(C)CC[C@H]2C(C)(C)C1=O. The van der Waals surface area contributed by atoms with Gasteiger partial charge in [-0.3, -0.25) is 4.79 Å². The molecule has 7 heteroatoms.